The third-order valence-electron chi connectivity index (χ3n) is 3.42. The van der Waals surface area contributed by atoms with Gasteiger partial charge in [0, 0.05) is 24.9 Å². The highest BCUT2D eigenvalue weighted by molar-refractivity contribution is 6.32. The molecule has 0 saturated carbocycles. The number of nitrogens with two attached hydrogens (primary N) is 1. The minimum Gasteiger partial charge on any atom is -0.386 e. The number of aliphatic hydroxyl groups is 1. The maximum absolute atomic E-state index is 11.8. The van der Waals surface area contributed by atoms with E-state index in [1.807, 2.05) is 13.0 Å². The summed E-state index contributed by atoms with van der Waals surface area (Å²) in [6.07, 6.45) is 0.378. The average molecular weight is 269 g/mol. The van der Waals surface area contributed by atoms with E-state index in [1.165, 1.54) is 6.92 Å². The van der Waals surface area contributed by atoms with Crippen LogP contribution in [0.4, 0.5) is 5.69 Å². The molecule has 18 heavy (non-hydrogen) atoms. The van der Waals surface area contributed by atoms with Crippen molar-refractivity contribution < 1.29 is 9.90 Å². The molecule has 1 heterocycles. The van der Waals surface area contributed by atoms with Crippen molar-refractivity contribution in [2.45, 2.75) is 25.9 Å². The summed E-state index contributed by atoms with van der Waals surface area (Å²) in [5.74, 6) is -0.117. The molecule has 5 heteroatoms. The third kappa shape index (κ3) is 2.11. The van der Waals surface area contributed by atoms with E-state index < -0.39 is 5.60 Å². The second kappa shape index (κ2) is 4.53. The van der Waals surface area contributed by atoms with Crippen LogP contribution in [0.2, 0.25) is 5.02 Å². The first-order valence-corrected chi connectivity index (χ1v) is 6.24. The van der Waals surface area contributed by atoms with E-state index in [4.69, 9.17) is 17.3 Å². The van der Waals surface area contributed by atoms with Crippen LogP contribution in [-0.2, 0) is 11.2 Å². The number of hydrogen-bond donors (Lipinski definition) is 2. The molecular weight excluding hydrogens is 252 g/mol. The largest absolute Gasteiger partial charge is 0.386 e. The minimum atomic E-state index is -1.10. The van der Waals surface area contributed by atoms with Crippen LogP contribution in [0.1, 0.15) is 18.1 Å². The van der Waals surface area contributed by atoms with Crippen LogP contribution in [0, 0.1) is 6.92 Å². The summed E-state index contributed by atoms with van der Waals surface area (Å²) in [7, 11) is 0. The van der Waals surface area contributed by atoms with Crippen molar-refractivity contribution in [1.82, 2.24) is 0 Å². The lowest BCUT2D eigenvalue weighted by Crippen LogP contribution is -2.54. The van der Waals surface area contributed by atoms with Crippen LogP contribution in [0.5, 0.6) is 0 Å². The number of carbonyl (C=O) groups is 1. The van der Waals surface area contributed by atoms with Gasteiger partial charge in [0.15, 0.2) is 0 Å². The van der Waals surface area contributed by atoms with Gasteiger partial charge in [-0.05, 0) is 24.1 Å². The van der Waals surface area contributed by atoms with Crippen LogP contribution in [0.3, 0.4) is 0 Å². The van der Waals surface area contributed by atoms with Gasteiger partial charge in [0.25, 0.3) is 0 Å². The summed E-state index contributed by atoms with van der Waals surface area (Å²) in [4.78, 5) is 13.3. The van der Waals surface area contributed by atoms with Gasteiger partial charge in [0.05, 0.1) is 17.8 Å². The molecule has 3 N–H and O–H groups in total. The van der Waals surface area contributed by atoms with Crippen LogP contribution < -0.4 is 10.6 Å². The maximum Gasteiger partial charge on any atom is 0.223 e. The lowest BCUT2D eigenvalue weighted by Gasteiger charge is -2.40. The van der Waals surface area contributed by atoms with Crippen LogP contribution in [-0.4, -0.2) is 29.7 Å². The van der Waals surface area contributed by atoms with E-state index in [1.54, 1.807) is 11.0 Å². The van der Waals surface area contributed by atoms with Gasteiger partial charge in [-0.2, -0.15) is 0 Å². The first-order valence-electron chi connectivity index (χ1n) is 5.86. The van der Waals surface area contributed by atoms with Crippen molar-refractivity contribution in [2.24, 2.45) is 5.73 Å². The van der Waals surface area contributed by atoms with Gasteiger partial charge in [0.2, 0.25) is 5.91 Å². The Balaban J connectivity index is 2.62. The number of aryl methyl sites for hydroxylation is 1. The summed E-state index contributed by atoms with van der Waals surface area (Å²) in [6.45, 7) is 3.72. The number of benzene rings is 1. The maximum atomic E-state index is 11.8. The molecule has 1 aliphatic heterocycles. The van der Waals surface area contributed by atoms with Crippen LogP contribution >= 0.6 is 11.6 Å². The standard InChI is InChI=1S/C13H17ClN2O2/c1-8-3-4-11(14)10-5-13(18,6-15)7-16(9(2)17)12(8)10/h3-4,18H,5-7,15H2,1-2H3. The van der Waals surface area contributed by atoms with Gasteiger partial charge in [-0.3, -0.25) is 4.79 Å². The van der Waals surface area contributed by atoms with E-state index in [9.17, 15) is 9.90 Å². The Hall–Kier alpha value is -1.10. The molecule has 0 aliphatic carbocycles. The number of β-amino-alcohol motifs (C(OH)–C–C–N with tert-alkyl or cyclic N) is 1. The second-order valence-corrected chi connectivity index (χ2v) is 5.31. The predicted molar refractivity (Wildman–Crippen MR) is 71.9 cm³/mol. The summed E-state index contributed by atoms with van der Waals surface area (Å²) in [6, 6.07) is 3.67. The molecule has 0 spiro atoms. The number of rotatable bonds is 1. The van der Waals surface area contributed by atoms with Crippen molar-refractivity contribution in [3.63, 3.8) is 0 Å². The van der Waals surface area contributed by atoms with Crippen molar-refractivity contribution in [1.29, 1.82) is 0 Å². The van der Waals surface area contributed by atoms with Gasteiger partial charge in [-0.1, -0.05) is 17.7 Å². The zero-order valence-corrected chi connectivity index (χ0v) is 11.3. The highest BCUT2D eigenvalue weighted by atomic mass is 35.5. The second-order valence-electron chi connectivity index (χ2n) is 4.90. The highest BCUT2D eigenvalue weighted by Crippen LogP contribution is 2.38. The number of carbonyl (C=O) groups excluding carboxylic acids is 1. The quantitative estimate of drug-likeness (QED) is 0.806. The normalized spacial score (nSPS) is 22.8. The summed E-state index contributed by atoms with van der Waals surface area (Å²) >= 11 is 6.18. The Morgan fingerprint density at radius 2 is 2.28 bits per heavy atom. The molecule has 1 aliphatic rings. The number of hydrogen-bond acceptors (Lipinski definition) is 3. The van der Waals surface area contributed by atoms with Crippen molar-refractivity contribution >= 4 is 23.2 Å². The smallest absolute Gasteiger partial charge is 0.223 e. The highest BCUT2D eigenvalue weighted by Gasteiger charge is 2.38. The molecule has 1 aromatic rings. The minimum absolute atomic E-state index is 0.0977. The number of halogens is 1. The lowest BCUT2D eigenvalue weighted by molar-refractivity contribution is -0.117. The first kappa shape index (κ1) is 13.3. The van der Waals surface area contributed by atoms with Crippen molar-refractivity contribution in [3.8, 4) is 0 Å². The zero-order chi connectivity index (χ0) is 13.5. The first-order chi connectivity index (χ1) is 8.38. The molecule has 98 valence electrons. The molecule has 4 nitrogen and oxygen atoms in total. The lowest BCUT2D eigenvalue weighted by atomic mass is 9.87. The molecule has 1 aromatic carbocycles. The molecule has 0 aromatic heterocycles. The SMILES string of the molecule is CC(=O)N1CC(O)(CN)Cc2c(Cl)ccc(C)c21. The van der Waals surface area contributed by atoms with E-state index in [2.05, 4.69) is 0 Å². The molecule has 2 rings (SSSR count). The van der Waals surface area contributed by atoms with Gasteiger partial charge in [-0.15, -0.1) is 0 Å². The van der Waals surface area contributed by atoms with E-state index in [-0.39, 0.29) is 19.0 Å². The van der Waals surface area contributed by atoms with Crippen molar-refractivity contribution in [3.05, 3.63) is 28.3 Å². The topological polar surface area (TPSA) is 66.6 Å². The Bertz CT molecular complexity index is 504. The number of nitrogens with zero attached hydrogens (tertiary/aromatic N) is 1. The average Bonchev–Trinajstić information content (AvgIpc) is 2.33. The summed E-state index contributed by atoms with van der Waals surface area (Å²) in [5, 5.41) is 10.9. The molecule has 0 radical (unpaired) electrons. The van der Waals surface area contributed by atoms with Gasteiger partial charge >= 0.3 is 0 Å². The number of amides is 1. The zero-order valence-electron chi connectivity index (χ0n) is 10.5. The summed E-state index contributed by atoms with van der Waals surface area (Å²) in [5.41, 5.74) is 7.10. The molecule has 0 fully saturated rings. The van der Waals surface area contributed by atoms with Gasteiger partial charge in [0.1, 0.15) is 0 Å². The van der Waals surface area contributed by atoms with Gasteiger partial charge in [-0.25, -0.2) is 0 Å². The molecular formula is C13H17ClN2O2. The van der Waals surface area contributed by atoms with Crippen LogP contribution in [0.15, 0.2) is 12.1 Å². The Kier molecular flexibility index (Phi) is 3.36. The predicted octanol–water partition coefficient (Wildman–Crippen LogP) is 1.25. The van der Waals surface area contributed by atoms with E-state index in [0.29, 0.717) is 11.4 Å². The fraction of sp³-hybridized carbons (Fsp3) is 0.462. The fourth-order valence-electron chi connectivity index (χ4n) is 2.44. The Labute approximate surface area is 111 Å². The number of fused-ring (bicyclic) bond motifs is 1. The molecule has 1 amide bonds. The fourth-order valence-corrected chi connectivity index (χ4v) is 2.66. The monoisotopic (exact) mass is 268 g/mol. The number of anilines is 1. The molecule has 0 saturated heterocycles. The van der Waals surface area contributed by atoms with E-state index >= 15 is 0 Å². The summed E-state index contributed by atoms with van der Waals surface area (Å²) < 4.78 is 0. The molecule has 1 unspecified atom stereocenters. The Morgan fingerprint density at radius 3 is 2.83 bits per heavy atom. The van der Waals surface area contributed by atoms with Crippen LogP contribution in [0.25, 0.3) is 0 Å². The molecule has 0 bridgehead atoms. The molecule has 1 atom stereocenters. The third-order valence-corrected chi connectivity index (χ3v) is 3.77. The van der Waals surface area contributed by atoms with E-state index in [0.717, 1.165) is 16.8 Å². The van der Waals surface area contributed by atoms with Crippen molar-refractivity contribution in [2.75, 3.05) is 18.0 Å². The van der Waals surface area contributed by atoms with Gasteiger partial charge < -0.3 is 15.7 Å². The Morgan fingerprint density at radius 1 is 1.61 bits per heavy atom.